The number of aromatic nitrogens is 2. The number of imidazole rings is 1. The Hall–Kier alpha value is -1.56. The first-order valence-electron chi connectivity index (χ1n) is 6.91. The van der Waals surface area contributed by atoms with Crippen molar-refractivity contribution in [3.63, 3.8) is 0 Å². The number of amides is 1. The van der Waals surface area contributed by atoms with Crippen LogP contribution in [0.2, 0.25) is 0 Å². The molecular formula is C15H20BrN3O2. The molecule has 6 heteroatoms. The SMILES string of the molecule is CCn1c(CNC(=O)OC(C)(C)C)nc2ccc(Br)cc21. The van der Waals surface area contributed by atoms with Crippen LogP contribution in [0.3, 0.4) is 0 Å². The van der Waals surface area contributed by atoms with Crippen molar-refractivity contribution in [2.24, 2.45) is 0 Å². The normalized spacial score (nSPS) is 11.7. The molecule has 0 aliphatic heterocycles. The lowest BCUT2D eigenvalue weighted by molar-refractivity contribution is 0.0521. The predicted octanol–water partition coefficient (Wildman–Crippen LogP) is 3.84. The van der Waals surface area contributed by atoms with Crippen LogP contribution in [0.25, 0.3) is 11.0 Å². The van der Waals surface area contributed by atoms with Gasteiger partial charge in [0, 0.05) is 11.0 Å². The number of hydrogen-bond acceptors (Lipinski definition) is 3. The number of hydrogen-bond donors (Lipinski definition) is 1. The third kappa shape index (κ3) is 3.97. The summed E-state index contributed by atoms with van der Waals surface area (Å²) in [4.78, 5) is 16.3. The molecule has 1 N–H and O–H groups in total. The molecule has 5 nitrogen and oxygen atoms in total. The summed E-state index contributed by atoms with van der Waals surface area (Å²) in [6.45, 7) is 8.70. The average Bonchev–Trinajstić information content (AvgIpc) is 2.71. The van der Waals surface area contributed by atoms with E-state index in [1.165, 1.54) is 0 Å². The third-order valence-corrected chi connectivity index (χ3v) is 3.39. The lowest BCUT2D eigenvalue weighted by Crippen LogP contribution is -2.32. The van der Waals surface area contributed by atoms with Crippen molar-refractivity contribution < 1.29 is 9.53 Å². The van der Waals surface area contributed by atoms with E-state index in [4.69, 9.17) is 4.74 Å². The number of alkyl carbamates (subject to hydrolysis) is 1. The van der Waals surface area contributed by atoms with Crippen LogP contribution in [0.15, 0.2) is 22.7 Å². The summed E-state index contributed by atoms with van der Waals surface area (Å²) in [7, 11) is 0. The Morgan fingerprint density at radius 1 is 1.43 bits per heavy atom. The molecule has 0 saturated heterocycles. The Bertz CT molecular complexity index is 659. The second-order valence-corrected chi connectivity index (χ2v) is 6.68. The fourth-order valence-electron chi connectivity index (χ4n) is 2.10. The summed E-state index contributed by atoms with van der Waals surface area (Å²) in [5.74, 6) is 0.816. The number of halogens is 1. The average molecular weight is 354 g/mol. The number of fused-ring (bicyclic) bond motifs is 1. The fourth-order valence-corrected chi connectivity index (χ4v) is 2.45. The van der Waals surface area contributed by atoms with E-state index in [-0.39, 0.29) is 0 Å². The van der Waals surface area contributed by atoms with E-state index in [2.05, 4.69) is 37.7 Å². The van der Waals surface area contributed by atoms with Gasteiger partial charge in [-0.05, 0) is 45.9 Å². The van der Waals surface area contributed by atoms with E-state index in [0.717, 1.165) is 27.9 Å². The number of nitrogens with zero attached hydrogens (tertiary/aromatic N) is 2. The van der Waals surface area contributed by atoms with E-state index in [0.29, 0.717) is 6.54 Å². The van der Waals surface area contributed by atoms with Crippen LogP contribution >= 0.6 is 15.9 Å². The van der Waals surface area contributed by atoms with Gasteiger partial charge in [-0.1, -0.05) is 15.9 Å². The van der Waals surface area contributed by atoms with Gasteiger partial charge >= 0.3 is 6.09 Å². The van der Waals surface area contributed by atoms with Gasteiger partial charge in [0.2, 0.25) is 0 Å². The maximum Gasteiger partial charge on any atom is 0.408 e. The summed E-state index contributed by atoms with van der Waals surface area (Å²) in [6, 6.07) is 5.95. The molecule has 21 heavy (non-hydrogen) atoms. The van der Waals surface area contributed by atoms with Crippen LogP contribution in [-0.4, -0.2) is 21.2 Å². The summed E-state index contributed by atoms with van der Waals surface area (Å²) in [6.07, 6.45) is -0.432. The Kier molecular flexibility index (Phi) is 4.56. The fraction of sp³-hybridized carbons (Fsp3) is 0.467. The van der Waals surface area contributed by atoms with Crippen molar-refractivity contribution in [2.75, 3.05) is 0 Å². The Balaban J connectivity index is 2.17. The molecule has 1 aromatic carbocycles. The Morgan fingerprint density at radius 3 is 2.76 bits per heavy atom. The minimum absolute atomic E-state index is 0.342. The highest BCUT2D eigenvalue weighted by molar-refractivity contribution is 9.10. The molecule has 0 radical (unpaired) electrons. The van der Waals surface area contributed by atoms with Gasteiger partial charge in [0.25, 0.3) is 0 Å². The van der Waals surface area contributed by atoms with Crippen LogP contribution < -0.4 is 5.32 Å². The topological polar surface area (TPSA) is 56.2 Å². The third-order valence-electron chi connectivity index (χ3n) is 2.90. The number of nitrogens with one attached hydrogen (secondary N) is 1. The smallest absolute Gasteiger partial charge is 0.408 e. The van der Waals surface area contributed by atoms with Crippen LogP contribution in [0.4, 0.5) is 4.79 Å². The van der Waals surface area contributed by atoms with Crippen molar-refractivity contribution in [2.45, 2.75) is 46.4 Å². The second-order valence-electron chi connectivity index (χ2n) is 5.76. The van der Waals surface area contributed by atoms with Crippen molar-refractivity contribution in [3.05, 3.63) is 28.5 Å². The van der Waals surface area contributed by atoms with Crippen LogP contribution in [0.5, 0.6) is 0 Å². The predicted molar refractivity (Wildman–Crippen MR) is 86.2 cm³/mol. The molecule has 0 atom stereocenters. The molecule has 2 rings (SSSR count). The van der Waals surface area contributed by atoms with Crippen molar-refractivity contribution in [1.82, 2.24) is 14.9 Å². The first-order chi connectivity index (χ1) is 9.80. The highest BCUT2D eigenvalue weighted by Crippen LogP contribution is 2.21. The molecule has 0 aliphatic carbocycles. The van der Waals surface area contributed by atoms with Crippen LogP contribution in [0, 0.1) is 0 Å². The molecule has 0 bridgehead atoms. The van der Waals surface area contributed by atoms with E-state index in [1.54, 1.807) is 0 Å². The molecule has 0 spiro atoms. The van der Waals surface area contributed by atoms with Gasteiger partial charge in [-0.2, -0.15) is 0 Å². The number of rotatable bonds is 3. The van der Waals surface area contributed by atoms with Crippen molar-refractivity contribution in [3.8, 4) is 0 Å². The number of benzene rings is 1. The lowest BCUT2D eigenvalue weighted by Gasteiger charge is -2.19. The van der Waals surface area contributed by atoms with Gasteiger partial charge in [0.15, 0.2) is 0 Å². The minimum atomic E-state index is -0.500. The van der Waals surface area contributed by atoms with Crippen molar-refractivity contribution in [1.29, 1.82) is 0 Å². The van der Waals surface area contributed by atoms with E-state index in [9.17, 15) is 4.79 Å². The van der Waals surface area contributed by atoms with Gasteiger partial charge in [-0.25, -0.2) is 9.78 Å². The maximum absolute atomic E-state index is 11.7. The lowest BCUT2D eigenvalue weighted by atomic mass is 10.2. The highest BCUT2D eigenvalue weighted by atomic mass is 79.9. The second kappa shape index (κ2) is 6.05. The van der Waals surface area contributed by atoms with Gasteiger partial charge in [-0.15, -0.1) is 0 Å². The quantitative estimate of drug-likeness (QED) is 0.911. The van der Waals surface area contributed by atoms with Gasteiger partial charge in [-0.3, -0.25) is 0 Å². The standard InChI is InChI=1S/C15H20BrN3O2/c1-5-19-12-8-10(16)6-7-11(12)18-13(19)9-17-14(20)21-15(2,3)4/h6-8H,5,9H2,1-4H3,(H,17,20). The van der Waals surface area contributed by atoms with Crippen molar-refractivity contribution >= 4 is 33.1 Å². The van der Waals surface area contributed by atoms with Gasteiger partial charge in [0.1, 0.15) is 11.4 Å². The summed E-state index contributed by atoms with van der Waals surface area (Å²) in [5, 5.41) is 2.75. The Labute approximate surface area is 132 Å². The first-order valence-corrected chi connectivity index (χ1v) is 7.71. The molecule has 0 saturated carbocycles. The largest absolute Gasteiger partial charge is 0.444 e. The van der Waals surface area contributed by atoms with E-state index in [1.807, 2.05) is 39.0 Å². The summed E-state index contributed by atoms with van der Waals surface area (Å²) >= 11 is 3.47. The van der Waals surface area contributed by atoms with Gasteiger partial charge < -0.3 is 14.6 Å². The number of aryl methyl sites for hydroxylation is 1. The number of carbonyl (C=O) groups excluding carboxylic acids is 1. The molecule has 2 aromatic rings. The maximum atomic E-state index is 11.7. The molecule has 1 amide bonds. The number of ether oxygens (including phenoxy) is 1. The van der Waals surface area contributed by atoms with Gasteiger partial charge in [0.05, 0.1) is 17.6 Å². The molecule has 0 aliphatic rings. The monoisotopic (exact) mass is 353 g/mol. The zero-order valence-electron chi connectivity index (χ0n) is 12.7. The molecular weight excluding hydrogens is 334 g/mol. The molecule has 0 unspecified atom stereocenters. The minimum Gasteiger partial charge on any atom is -0.444 e. The molecule has 1 aromatic heterocycles. The van der Waals surface area contributed by atoms with E-state index < -0.39 is 11.7 Å². The summed E-state index contributed by atoms with van der Waals surface area (Å²) < 4.78 is 8.32. The summed E-state index contributed by atoms with van der Waals surface area (Å²) in [5.41, 5.74) is 1.47. The first kappa shape index (κ1) is 15.8. The van der Waals surface area contributed by atoms with Crippen LogP contribution in [0.1, 0.15) is 33.5 Å². The number of carbonyl (C=O) groups is 1. The highest BCUT2D eigenvalue weighted by Gasteiger charge is 2.17. The Morgan fingerprint density at radius 2 is 2.14 bits per heavy atom. The molecule has 114 valence electrons. The van der Waals surface area contributed by atoms with E-state index >= 15 is 0 Å². The zero-order valence-corrected chi connectivity index (χ0v) is 14.3. The molecule has 0 fully saturated rings. The molecule has 1 heterocycles. The van der Waals surface area contributed by atoms with Crippen LogP contribution in [-0.2, 0) is 17.8 Å². The zero-order chi connectivity index (χ0) is 15.6.